The Morgan fingerprint density at radius 3 is 2.29 bits per heavy atom. The normalized spacial score (nSPS) is 12.1. The van der Waals surface area contributed by atoms with Gasteiger partial charge in [-0.2, -0.15) is 0 Å². The van der Waals surface area contributed by atoms with E-state index < -0.39 is 21.9 Å². The van der Waals surface area contributed by atoms with Gasteiger partial charge in [-0.05, 0) is 35.9 Å². The number of nitrogens with one attached hydrogen (secondary N) is 1. The first-order chi connectivity index (χ1) is 13.3. The Labute approximate surface area is 167 Å². The zero-order valence-electron chi connectivity index (χ0n) is 14.6. The van der Waals surface area contributed by atoms with E-state index in [0.29, 0.717) is 5.69 Å². The highest BCUT2D eigenvalue weighted by molar-refractivity contribution is 8.04. The van der Waals surface area contributed by atoms with Crippen molar-refractivity contribution in [2.75, 3.05) is 11.1 Å². The lowest BCUT2D eigenvalue weighted by atomic mass is 10.2. The molecule has 0 aliphatic heterocycles. The molecule has 0 bridgehead atoms. The molecule has 0 aliphatic rings. The van der Waals surface area contributed by atoms with E-state index in [4.69, 9.17) is 5.14 Å². The minimum atomic E-state index is -3.80. The zero-order chi connectivity index (χ0) is 20.6. The van der Waals surface area contributed by atoms with Crippen molar-refractivity contribution < 1.29 is 23.1 Å². The molecule has 0 fully saturated rings. The maximum atomic E-state index is 12.0. The van der Waals surface area contributed by atoms with Crippen molar-refractivity contribution in [3.63, 3.8) is 0 Å². The number of carbonyl (C=O) groups excluding carboxylic acids is 1. The molecule has 0 spiro atoms. The predicted octanol–water partition coefficient (Wildman–Crippen LogP) is 2.69. The van der Waals surface area contributed by atoms with E-state index in [1.807, 2.05) is 30.3 Å². The second-order valence-corrected chi connectivity index (χ2v) is 8.09. The van der Waals surface area contributed by atoms with Gasteiger partial charge in [-0.3, -0.25) is 4.79 Å². The Kier molecular flexibility index (Phi) is 7.56. The second kappa shape index (κ2) is 9.88. The van der Waals surface area contributed by atoms with Crippen LogP contribution in [0, 0.1) is 0 Å². The number of amides is 1. The minimum absolute atomic E-state index is 0.0203. The molecule has 0 unspecified atom stereocenters. The first-order valence-corrected chi connectivity index (χ1v) is 10.5. The number of carboxylic acids is 1. The number of carboxylic acid groups (broad SMARTS) is 1. The summed E-state index contributed by atoms with van der Waals surface area (Å²) in [7, 11) is -3.80. The molecule has 0 heterocycles. The highest BCUT2D eigenvalue weighted by atomic mass is 32.2. The maximum absolute atomic E-state index is 12.0. The van der Waals surface area contributed by atoms with Crippen molar-refractivity contribution in [2.24, 2.45) is 5.14 Å². The van der Waals surface area contributed by atoms with Crippen LogP contribution in [0.15, 0.2) is 76.5 Å². The number of carbonyl (C=O) groups is 2. The van der Waals surface area contributed by atoms with Crippen molar-refractivity contribution in [3.8, 4) is 0 Å². The van der Waals surface area contributed by atoms with Gasteiger partial charge in [-0.25, -0.2) is 18.4 Å². The Balaban J connectivity index is 1.94. The number of nitrogens with two attached hydrogens (primary N) is 1. The summed E-state index contributed by atoms with van der Waals surface area (Å²) >= 11 is 0.882. The topological polar surface area (TPSA) is 127 Å². The SMILES string of the molecule is NS(=O)(=O)c1ccc(NC(=O)CS/C(=C/C=C/c2ccccc2)C(=O)O)cc1. The zero-order valence-corrected chi connectivity index (χ0v) is 16.2. The molecule has 0 saturated heterocycles. The van der Waals surface area contributed by atoms with Gasteiger partial charge in [0.05, 0.1) is 15.6 Å². The maximum Gasteiger partial charge on any atom is 0.342 e. The molecule has 1 amide bonds. The largest absolute Gasteiger partial charge is 0.477 e. The van der Waals surface area contributed by atoms with Gasteiger partial charge in [-0.15, -0.1) is 11.8 Å². The van der Waals surface area contributed by atoms with Crippen LogP contribution >= 0.6 is 11.8 Å². The van der Waals surface area contributed by atoms with Gasteiger partial charge in [0.1, 0.15) is 0 Å². The second-order valence-electron chi connectivity index (χ2n) is 5.51. The van der Waals surface area contributed by atoms with Gasteiger partial charge in [0, 0.05) is 5.69 Å². The summed E-state index contributed by atoms with van der Waals surface area (Å²) in [6, 6.07) is 14.7. The van der Waals surface area contributed by atoms with Crippen molar-refractivity contribution in [1.82, 2.24) is 0 Å². The van der Waals surface area contributed by atoms with Gasteiger partial charge < -0.3 is 10.4 Å². The lowest BCUT2D eigenvalue weighted by Gasteiger charge is -2.06. The summed E-state index contributed by atoms with van der Waals surface area (Å²) in [6.45, 7) is 0. The molecule has 4 N–H and O–H groups in total. The Hall–Kier alpha value is -2.88. The molecule has 0 aliphatic carbocycles. The third kappa shape index (κ3) is 7.03. The van der Waals surface area contributed by atoms with Crippen LogP contribution in [-0.4, -0.2) is 31.2 Å². The number of primary sulfonamides is 1. The van der Waals surface area contributed by atoms with Crippen LogP contribution in [0.5, 0.6) is 0 Å². The molecule has 146 valence electrons. The van der Waals surface area contributed by atoms with Crippen LogP contribution in [0.25, 0.3) is 6.08 Å². The van der Waals surface area contributed by atoms with E-state index in [2.05, 4.69) is 5.32 Å². The lowest BCUT2D eigenvalue weighted by Crippen LogP contribution is -2.15. The smallest absolute Gasteiger partial charge is 0.342 e. The van der Waals surface area contributed by atoms with Crippen LogP contribution in [0.3, 0.4) is 0 Å². The number of allylic oxidation sites excluding steroid dienone is 2. The molecule has 0 aromatic heterocycles. The van der Waals surface area contributed by atoms with Crippen molar-refractivity contribution in [3.05, 3.63) is 77.2 Å². The molecule has 28 heavy (non-hydrogen) atoms. The minimum Gasteiger partial charge on any atom is -0.477 e. The number of thioether (sulfide) groups is 1. The van der Waals surface area contributed by atoms with Crippen molar-refractivity contribution in [1.29, 1.82) is 0 Å². The van der Waals surface area contributed by atoms with Crippen LogP contribution < -0.4 is 10.5 Å². The van der Waals surface area contributed by atoms with E-state index in [1.165, 1.54) is 30.3 Å². The number of aliphatic carboxylic acids is 1. The van der Waals surface area contributed by atoms with Gasteiger partial charge in [0.15, 0.2) is 0 Å². The van der Waals surface area contributed by atoms with Crippen LogP contribution in [0.2, 0.25) is 0 Å². The first-order valence-electron chi connectivity index (χ1n) is 7.98. The van der Waals surface area contributed by atoms with Gasteiger partial charge >= 0.3 is 5.97 Å². The molecule has 0 radical (unpaired) electrons. The van der Waals surface area contributed by atoms with Crippen LogP contribution in [0.1, 0.15) is 5.56 Å². The molecule has 2 aromatic rings. The molecular weight excluding hydrogens is 400 g/mol. The number of hydrogen-bond acceptors (Lipinski definition) is 5. The average molecular weight is 418 g/mol. The fourth-order valence-electron chi connectivity index (χ4n) is 2.06. The van der Waals surface area contributed by atoms with Crippen LogP contribution in [0.4, 0.5) is 5.69 Å². The third-order valence-corrected chi connectivity index (χ3v) is 5.33. The lowest BCUT2D eigenvalue weighted by molar-refractivity contribution is -0.131. The molecule has 7 nitrogen and oxygen atoms in total. The fraction of sp³-hybridized carbons (Fsp3) is 0.0526. The van der Waals surface area contributed by atoms with Gasteiger partial charge in [0.25, 0.3) is 0 Å². The molecule has 2 rings (SSSR count). The number of benzene rings is 2. The van der Waals surface area contributed by atoms with E-state index in [-0.39, 0.29) is 15.6 Å². The highest BCUT2D eigenvalue weighted by Crippen LogP contribution is 2.18. The van der Waals surface area contributed by atoms with Crippen molar-refractivity contribution >= 4 is 45.4 Å². The van der Waals surface area contributed by atoms with Gasteiger partial charge in [0.2, 0.25) is 15.9 Å². The van der Waals surface area contributed by atoms with E-state index in [0.717, 1.165) is 17.3 Å². The molecule has 0 atom stereocenters. The first kappa shape index (κ1) is 21.4. The highest BCUT2D eigenvalue weighted by Gasteiger charge is 2.11. The van der Waals surface area contributed by atoms with E-state index in [1.54, 1.807) is 12.2 Å². The predicted molar refractivity (Wildman–Crippen MR) is 110 cm³/mol. The Bertz CT molecular complexity index is 998. The molecule has 2 aromatic carbocycles. The number of sulfonamides is 1. The van der Waals surface area contributed by atoms with Gasteiger partial charge in [-0.1, -0.05) is 42.5 Å². The number of anilines is 1. The standard InChI is InChI=1S/C19H18N2O5S2/c20-28(25,26)16-11-9-15(10-12-16)21-18(22)13-27-17(19(23)24)8-4-7-14-5-2-1-3-6-14/h1-12H,13H2,(H,21,22)(H,23,24)(H2,20,25,26)/b7-4+,17-8+. The number of hydrogen-bond donors (Lipinski definition) is 3. The number of rotatable bonds is 8. The molecular formula is C19H18N2O5S2. The Morgan fingerprint density at radius 1 is 1.07 bits per heavy atom. The van der Waals surface area contributed by atoms with Crippen LogP contribution in [-0.2, 0) is 19.6 Å². The summed E-state index contributed by atoms with van der Waals surface area (Å²) in [5.74, 6) is -1.67. The summed E-state index contributed by atoms with van der Waals surface area (Å²) in [4.78, 5) is 23.3. The fourth-order valence-corrected chi connectivity index (χ4v) is 3.23. The average Bonchev–Trinajstić information content (AvgIpc) is 2.64. The molecule has 9 heteroatoms. The quantitative estimate of drug-likeness (QED) is 0.447. The third-order valence-electron chi connectivity index (χ3n) is 3.37. The molecule has 0 saturated carbocycles. The van der Waals surface area contributed by atoms with Crippen molar-refractivity contribution in [2.45, 2.75) is 4.90 Å². The van der Waals surface area contributed by atoms with E-state index in [9.17, 15) is 23.1 Å². The van der Waals surface area contributed by atoms with E-state index >= 15 is 0 Å². The summed E-state index contributed by atoms with van der Waals surface area (Å²) in [6.07, 6.45) is 4.79. The summed E-state index contributed by atoms with van der Waals surface area (Å²) in [5, 5.41) is 16.8. The monoisotopic (exact) mass is 418 g/mol. The summed E-state index contributed by atoms with van der Waals surface area (Å²) < 4.78 is 22.4. The summed E-state index contributed by atoms with van der Waals surface area (Å²) in [5.41, 5.74) is 1.30. The Morgan fingerprint density at radius 2 is 1.71 bits per heavy atom.